The molecule has 0 amide bonds. The molecule has 1 rings (SSSR count). The van der Waals surface area contributed by atoms with Gasteiger partial charge in [0.25, 0.3) is 0 Å². The number of hydrogen-bond donors (Lipinski definition) is 1. The predicted octanol–water partition coefficient (Wildman–Crippen LogP) is 0.339. The van der Waals surface area contributed by atoms with E-state index in [0.29, 0.717) is 17.7 Å². The van der Waals surface area contributed by atoms with Crippen molar-refractivity contribution in [2.75, 3.05) is 19.5 Å². The molecule has 0 aliphatic carbocycles. The highest BCUT2D eigenvalue weighted by atomic mass is 16.5. The lowest BCUT2D eigenvalue weighted by Crippen LogP contribution is -2.02. The number of anilines is 1. The van der Waals surface area contributed by atoms with Crippen LogP contribution in [0.4, 0.5) is 5.82 Å². The average molecular weight is 167 g/mol. The fourth-order valence-corrected chi connectivity index (χ4v) is 0.848. The third kappa shape index (κ3) is 1.34. The highest BCUT2D eigenvalue weighted by molar-refractivity contribution is 5.85. The van der Waals surface area contributed by atoms with E-state index >= 15 is 0 Å². The second kappa shape index (κ2) is 3.66. The molecule has 0 radical (unpaired) electrons. The molecule has 1 N–H and O–H groups in total. The van der Waals surface area contributed by atoms with E-state index in [1.807, 2.05) is 0 Å². The molecule has 0 aromatic carbocycles. The van der Waals surface area contributed by atoms with Crippen LogP contribution in [-0.2, 0) is 0 Å². The first-order valence-corrected chi connectivity index (χ1v) is 3.35. The maximum absolute atomic E-state index is 10.6. The van der Waals surface area contributed by atoms with Crippen LogP contribution in [0.5, 0.6) is 5.88 Å². The van der Waals surface area contributed by atoms with Crippen molar-refractivity contribution in [3.8, 4) is 5.88 Å². The molecule has 0 atom stereocenters. The first-order valence-electron chi connectivity index (χ1n) is 3.35. The molecular formula is C7H9N3O2. The number of nitrogens with one attached hydrogen (secondary N) is 1. The third-order valence-corrected chi connectivity index (χ3v) is 1.40. The van der Waals surface area contributed by atoms with E-state index in [9.17, 15) is 4.79 Å². The zero-order valence-electron chi connectivity index (χ0n) is 6.87. The zero-order valence-corrected chi connectivity index (χ0v) is 6.87. The van der Waals surface area contributed by atoms with Crippen LogP contribution in [0, 0.1) is 0 Å². The van der Waals surface area contributed by atoms with Crippen molar-refractivity contribution in [2.45, 2.75) is 0 Å². The van der Waals surface area contributed by atoms with Gasteiger partial charge in [-0.25, -0.2) is 9.97 Å². The Morgan fingerprint density at radius 3 is 2.83 bits per heavy atom. The van der Waals surface area contributed by atoms with E-state index in [4.69, 9.17) is 4.74 Å². The lowest BCUT2D eigenvalue weighted by atomic mass is 10.3. The highest BCUT2D eigenvalue weighted by Gasteiger charge is 2.08. The predicted molar refractivity (Wildman–Crippen MR) is 43.5 cm³/mol. The molecule has 0 saturated carbocycles. The smallest absolute Gasteiger partial charge is 0.229 e. The molecule has 5 nitrogen and oxygen atoms in total. The van der Waals surface area contributed by atoms with Gasteiger partial charge in [-0.15, -0.1) is 0 Å². The number of rotatable bonds is 3. The van der Waals surface area contributed by atoms with Crippen LogP contribution in [-0.4, -0.2) is 30.4 Å². The highest BCUT2D eigenvalue weighted by Crippen LogP contribution is 2.17. The monoisotopic (exact) mass is 167 g/mol. The van der Waals surface area contributed by atoms with Gasteiger partial charge in [0.2, 0.25) is 5.88 Å². The van der Waals surface area contributed by atoms with Crippen LogP contribution in [0.3, 0.4) is 0 Å². The molecule has 0 aliphatic heterocycles. The van der Waals surface area contributed by atoms with Gasteiger partial charge in [0.05, 0.1) is 7.11 Å². The summed E-state index contributed by atoms with van der Waals surface area (Å²) in [4.78, 5) is 18.2. The van der Waals surface area contributed by atoms with Crippen LogP contribution in [0.25, 0.3) is 0 Å². The number of nitrogens with zero attached hydrogens (tertiary/aromatic N) is 2. The topological polar surface area (TPSA) is 64.1 Å². The van der Waals surface area contributed by atoms with Crippen molar-refractivity contribution < 1.29 is 9.53 Å². The summed E-state index contributed by atoms with van der Waals surface area (Å²) >= 11 is 0. The van der Waals surface area contributed by atoms with Crippen molar-refractivity contribution in [3.63, 3.8) is 0 Å². The number of carbonyl (C=O) groups excluding carboxylic acids is 1. The van der Waals surface area contributed by atoms with E-state index in [1.165, 1.54) is 13.4 Å². The molecule has 1 aromatic heterocycles. The van der Waals surface area contributed by atoms with E-state index < -0.39 is 0 Å². The summed E-state index contributed by atoms with van der Waals surface area (Å²) in [5.74, 6) is 0.751. The van der Waals surface area contributed by atoms with Crippen molar-refractivity contribution in [1.29, 1.82) is 0 Å². The van der Waals surface area contributed by atoms with E-state index in [0.717, 1.165) is 0 Å². The van der Waals surface area contributed by atoms with Crippen molar-refractivity contribution in [3.05, 3.63) is 11.9 Å². The Hall–Kier alpha value is -1.65. The number of aldehydes is 1. The van der Waals surface area contributed by atoms with Gasteiger partial charge < -0.3 is 10.1 Å². The van der Waals surface area contributed by atoms with Crippen LogP contribution in [0.15, 0.2) is 6.33 Å². The van der Waals surface area contributed by atoms with Crippen molar-refractivity contribution >= 4 is 12.1 Å². The van der Waals surface area contributed by atoms with Gasteiger partial charge in [-0.2, -0.15) is 0 Å². The lowest BCUT2D eigenvalue weighted by Gasteiger charge is -2.05. The third-order valence-electron chi connectivity index (χ3n) is 1.40. The molecule has 1 aromatic rings. The number of aromatic nitrogens is 2. The summed E-state index contributed by atoms with van der Waals surface area (Å²) < 4.78 is 4.86. The molecular weight excluding hydrogens is 158 g/mol. The normalized spacial score (nSPS) is 9.17. The number of methoxy groups -OCH3 is 1. The fraction of sp³-hybridized carbons (Fsp3) is 0.286. The summed E-state index contributed by atoms with van der Waals surface area (Å²) in [5, 5.41) is 2.76. The molecule has 0 fully saturated rings. The minimum atomic E-state index is 0.282. The summed E-state index contributed by atoms with van der Waals surface area (Å²) in [6.45, 7) is 0. The van der Waals surface area contributed by atoms with Crippen LogP contribution >= 0.6 is 0 Å². The Bertz CT molecular complexity index is 266. The minimum absolute atomic E-state index is 0.282. The molecule has 1 heterocycles. The SMILES string of the molecule is CNc1ncnc(OC)c1C=O. The van der Waals surface area contributed by atoms with Gasteiger partial charge in [-0.3, -0.25) is 4.79 Å². The van der Waals surface area contributed by atoms with Crippen LogP contribution in [0.1, 0.15) is 10.4 Å². The Labute approximate surface area is 69.8 Å². The van der Waals surface area contributed by atoms with E-state index in [1.54, 1.807) is 7.05 Å². The average Bonchev–Trinajstić information content (AvgIpc) is 2.16. The maximum atomic E-state index is 10.6. The molecule has 0 unspecified atom stereocenters. The summed E-state index contributed by atoms with van der Waals surface area (Å²) in [5.41, 5.74) is 0.336. The molecule has 0 bridgehead atoms. The molecule has 12 heavy (non-hydrogen) atoms. The Kier molecular flexibility index (Phi) is 2.57. The lowest BCUT2D eigenvalue weighted by molar-refractivity contribution is 0.112. The molecule has 0 spiro atoms. The van der Waals surface area contributed by atoms with Gasteiger partial charge in [-0.1, -0.05) is 0 Å². The minimum Gasteiger partial charge on any atom is -0.480 e. The first-order chi connectivity index (χ1) is 5.83. The van der Waals surface area contributed by atoms with Crippen LogP contribution in [0.2, 0.25) is 0 Å². The molecule has 0 aliphatic rings. The van der Waals surface area contributed by atoms with Gasteiger partial charge in [-0.05, 0) is 0 Å². The number of hydrogen-bond acceptors (Lipinski definition) is 5. The molecule has 5 heteroatoms. The Morgan fingerprint density at radius 1 is 1.58 bits per heavy atom. The second-order valence-corrected chi connectivity index (χ2v) is 2.01. The number of ether oxygens (including phenoxy) is 1. The summed E-state index contributed by atoms with van der Waals surface area (Å²) in [7, 11) is 3.13. The van der Waals surface area contributed by atoms with Gasteiger partial charge in [0.1, 0.15) is 17.7 Å². The molecule has 64 valence electrons. The van der Waals surface area contributed by atoms with Gasteiger partial charge >= 0.3 is 0 Å². The molecule has 0 saturated heterocycles. The largest absolute Gasteiger partial charge is 0.480 e. The quantitative estimate of drug-likeness (QED) is 0.657. The van der Waals surface area contributed by atoms with Gasteiger partial charge in [0, 0.05) is 7.05 Å². The Balaban J connectivity index is 3.21. The first kappa shape index (κ1) is 8.45. The Morgan fingerprint density at radius 2 is 2.33 bits per heavy atom. The maximum Gasteiger partial charge on any atom is 0.229 e. The summed E-state index contributed by atoms with van der Waals surface area (Å²) in [6, 6.07) is 0. The standard InChI is InChI=1S/C7H9N3O2/c1-8-6-5(3-11)7(12-2)10-4-9-6/h3-4H,1-2H3,(H,8,9,10). The van der Waals surface area contributed by atoms with E-state index in [2.05, 4.69) is 15.3 Å². The van der Waals surface area contributed by atoms with Crippen LogP contribution < -0.4 is 10.1 Å². The fourth-order valence-electron chi connectivity index (χ4n) is 0.848. The van der Waals surface area contributed by atoms with Gasteiger partial charge in [0.15, 0.2) is 6.29 Å². The number of carbonyl (C=O) groups is 1. The van der Waals surface area contributed by atoms with Crippen molar-refractivity contribution in [2.24, 2.45) is 0 Å². The van der Waals surface area contributed by atoms with E-state index in [-0.39, 0.29) is 5.88 Å². The second-order valence-electron chi connectivity index (χ2n) is 2.01. The zero-order chi connectivity index (χ0) is 8.97. The summed E-state index contributed by atoms with van der Waals surface area (Å²) in [6.07, 6.45) is 1.99. The van der Waals surface area contributed by atoms with Crippen molar-refractivity contribution in [1.82, 2.24) is 9.97 Å².